The maximum atomic E-state index is 14.1. The van der Waals surface area contributed by atoms with E-state index in [1.165, 1.54) is 11.0 Å². The van der Waals surface area contributed by atoms with Crippen LogP contribution in [0.25, 0.3) is 0 Å². The van der Waals surface area contributed by atoms with E-state index in [0.29, 0.717) is 36.8 Å². The second-order valence-corrected chi connectivity index (χ2v) is 8.90. The summed E-state index contributed by atoms with van der Waals surface area (Å²) in [5, 5.41) is 16.7. The Morgan fingerprint density at radius 3 is 2.77 bits per heavy atom. The lowest BCUT2D eigenvalue weighted by atomic mass is 9.99. The quantitative estimate of drug-likeness (QED) is 0.624. The Morgan fingerprint density at radius 2 is 2.06 bits per heavy atom. The molecule has 8 nitrogen and oxygen atoms in total. The first-order valence-corrected chi connectivity index (χ1v) is 10.7. The summed E-state index contributed by atoms with van der Waals surface area (Å²) in [7, 11) is 1.67. The lowest BCUT2D eigenvalue weighted by Crippen LogP contribution is -2.45. The maximum absolute atomic E-state index is 14.1. The van der Waals surface area contributed by atoms with Gasteiger partial charge in [-0.1, -0.05) is 0 Å². The number of anilines is 1. The second kappa shape index (κ2) is 8.19. The van der Waals surface area contributed by atoms with Gasteiger partial charge in [-0.2, -0.15) is 5.10 Å². The summed E-state index contributed by atoms with van der Waals surface area (Å²) in [5.41, 5.74) is 1.66. The summed E-state index contributed by atoms with van der Waals surface area (Å²) in [6.07, 6.45) is 0.430. The van der Waals surface area contributed by atoms with Crippen molar-refractivity contribution < 1.29 is 23.5 Å². The Labute approximate surface area is 185 Å². The van der Waals surface area contributed by atoms with E-state index in [2.05, 4.69) is 26.3 Å². The maximum Gasteiger partial charge on any atom is 0.322 e. The topological polar surface area (TPSA) is 90.7 Å². The van der Waals surface area contributed by atoms with Crippen LogP contribution in [0.15, 0.2) is 16.6 Å². The summed E-state index contributed by atoms with van der Waals surface area (Å²) in [4.78, 5) is 28.9. The number of carbonyl (C=O) groups is 2. The summed E-state index contributed by atoms with van der Waals surface area (Å²) in [5.74, 6) is -2.00. The monoisotopic (exact) mass is 497 g/mol. The van der Waals surface area contributed by atoms with E-state index >= 15 is 0 Å². The molecule has 0 saturated carbocycles. The number of nitrogens with one attached hydrogen (secondary N) is 1. The van der Waals surface area contributed by atoms with Crippen molar-refractivity contribution in [3.63, 3.8) is 0 Å². The van der Waals surface area contributed by atoms with Crippen LogP contribution < -0.4 is 5.32 Å². The van der Waals surface area contributed by atoms with Crippen LogP contribution in [0.1, 0.15) is 28.7 Å². The number of nitrogens with zero attached hydrogens (tertiary/aromatic N) is 4. The third-order valence-electron chi connectivity index (χ3n) is 5.77. The van der Waals surface area contributed by atoms with Crippen molar-refractivity contribution in [1.82, 2.24) is 19.6 Å². The normalized spacial score (nSPS) is 20.9. The van der Waals surface area contributed by atoms with E-state index in [-0.39, 0.29) is 41.2 Å². The van der Waals surface area contributed by atoms with Crippen molar-refractivity contribution in [2.75, 3.05) is 25.5 Å². The molecule has 2 aliphatic heterocycles. The Morgan fingerprint density at radius 1 is 1.32 bits per heavy atom. The van der Waals surface area contributed by atoms with E-state index < -0.39 is 17.7 Å². The minimum absolute atomic E-state index is 0.0344. The largest absolute Gasteiger partial charge is 0.396 e. The average Bonchev–Trinajstić information content (AvgIpc) is 3.00. The Kier molecular flexibility index (Phi) is 5.73. The van der Waals surface area contributed by atoms with Crippen molar-refractivity contribution >= 4 is 33.6 Å². The first kappa shape index (κ1) is 21.7. The number of hydrogen-bond acceptors (Lipinski definition) is 4. The number of aromatic nitrogens is 2. The molecule has 0 spiro atoms. The van der Waals surface area contributed by atoms with Gasteiger partial charge < -0.3 is 20.2 Å². The van der Waals surface area contributed by atoms with Gasteiger partial charge in [0.1, 0.15) is 17.3 Å². The number of carbonyl (C=O) groups excluding carboxylic acids is 2. The fourth-order valence-corrected chi connectivity index (χ4v) is 4.46. The average molecular weight is 498 g/mol. The van der Waals surface area contributed by atoms with Gasteiger partial charge in [0.25, 0.3) is 5.91 Å². The van der Waals surface area contributed by atoms with Gasteiger partial charge in [-0.15, -0.1) is 0 Å². The molecule has 2 atom stereocenters. The highest BCUT2D eigenvalue weighted by Crippen LogP contribution is 2.30. The molecule has 3 amide bonds. The lowest BCUT2D eigenvalue weighted by molar-refractivity contribution is 0.0761. The molecule has 2 aromatic rings. The summed E-state index contributed by atoms with van der Waals surface area (Å²) in [6, 6.07) is 1.06. The minimum atomic E-state index is -0.884. The van der Waals surface area contributed by atoms with Crippen LogP contribution in [0.3, 0.4) is 0 Å². The molecular weight excluding hydrogens is 476 g/mol. The molecule has 3 heterocycles. The molecule has 2 N–H and O–H groups in total. The molecule has 1 unspecified atom stereocenters. The molecular formula is C20H22BrF2N5O3. The predicted molar refractivity (Wildman–Crippen MR) is 112 cm³/mol. The number of amides is 3. The fourth-order valence-electron chi connectivity index (χ4n) is 4.11. The first-order valence-electron chi connectivity index (χ1n) is 9.86. The van der Waals surface area contributed by atoms with Gasteiger partial charge in [0, 0.05) is 56.8 Å². The highest BCUT2D eigenvalue weighted by atomic mass is 79.9. The van der Waals surface area contributed by atoms with E-state index in [0.717, 1.165) is 5.69 Å². The molecule has 0 fully saturated rings. The number of benzene rings is 1. The summed E-state index contributed by atoms with van der Waals surface area (Å²) >= 11 is 2.99. The predicted octanol–water partition coefficient (Wildman–Crippen LogP) is 2.60. The van der Waals surface area contributed by atoms with Gasteiger partial charge in [-0.05, 0) is 28.9 Å². The van der Waals surface area contributed by atoms with Gasteiger partial charge in [0.2, 0.25) is 0 Å². The smallest absolute Gasteiger partial charge is 0.322 e. The molecule has 11 heteroatoms. The molecule has 0 saturated heterocycles. The Hall–Kier alpha value is -2.53. The van der Waals surface area contributed by atoms with Crippen LogP contribution in [0.5, 0.6) is 0 Å². The number of rotatable bonds is 2. The number of hydrogen-bond donors (Lipinski definition) is 2. The van der Waals surface area contributed by atoms with Gasteiger partial charge in [-0.25, -0.2) is 13.6 Å². The van der Waals surface area contributed by atoms with E-state index in [4.69, 9.17) is 0 Å². The molecule has 0 radical (unpaired) electrons. The fraction of sp³-hybridized carbons (Fsp3) is 0.450. The van der Waals surface area contributed by atoms with Crippen LogP contribution in [0.4, 0.5) is 19.3 Å². The first-order chi connectivity index (χ1) is 14.7. The zero-order chi connectivity index (χ0) is 22.4. The number of aliphatic hydroxyl groups is 1. The summed E-state index contributed by atoms with van der Waals surface area (Å²) in [6.45, 7) is 2.72. The Balaban J connectivity index is 1.63. The Bertz CT molecular complexity index is 1060. The molecule has 1 aromatic carbocycles. The highest BCUT2D eigenvalue weighted by Gasteiger charge is 2.37. The standard InChI is InChI=1S/C20H22BrF2N5O3/c1-10-3-16-12(18-19(30)26(2)6-11(9-29)7-28(18)25-16)8-27(10)20(31)24-17-4-13(21)14(22)5-15(17)23/h4-5,10-11,29H,3,6-9H2,1-2H3,(H,24,31)/t10-,11?/m1/s1. The van der Waals surface area contributed by atoms with Gasteiger partial charge in [-0.3, -0.25) is 9.48 Å². The lowest BCUT2D eigenvalue weighted by Gasteiger charge is -2.33. The van der Waals surface area contributed by atoms with E-state index in [1.807, 2.05) is 6.92 Å². The van der Waals surface area contributed by atoms with Crippen LogP contribution in [-0.2, 0) is 19.5 Å². The molecule has 166 valence electrons. The van der Waals surface area contributed by atoms with Gasteiger partial charge >= 0.3 is 6.03 Å². The molecule has 2 aliphatic rings. The SMILES string of the molecule is C[C@@H]1Cc2nn3c(c2CN1C(=O)Nc1cc(Br)c(F)cc1F)C(=O)N(C)CC(CO)C3. The summed E-state index contributed by atoms with van der Waals surface area (Å²) < 4.78 is 29.3. The molecule has 1 aromatic heterocycles. The van der Waals surface area contributed by atoms with Gasteiger partial charge in [0.15, 0.2) is 0 Å². The van der Waals surface area contributed by atoms with Crippen molar-refractivity contribution in [3.8, 4) is 0 Å². The van der Waals surface area contributed by atoms with Crippen LogP contribution in [-0.4, -0.2) is 62.9 Å². The zero-order valence-corrected chi connectivity index (χ0v) is 18.6. The number of aliphatic hydroxyl groups excluding tert-OH is 1. The van der Waals surface area contributed by atoms with Crippen molar-refractivity contribution in [2.24, 2.45) is 5.92 Å². The van der Waals surface area contributed by atoms with E-state index in [9.17, 15) is 23.5 Å². The van der Waals surface area contributed by atoms with E-state index in [1.54, 1.807) is 16.6 Å². The highest BCUT2D eigenvalue weighted by molar-refractivity contribution is 9.10. The number of urea groups is 1. The minimum Gasteiger partial charge on any atom is -0.396 e. The van der Waals surface area contributed by atoms with Crippen LogP contribution in [0.2, 0.25) is 0 Å². The number of halogens is 3. The number of fused-ring (bicyclic) bond motifs is 3. The molecule has 0 bridgehead atoms. The third kappa shape index (κ3) is 3.91. The van der Waals surface area contributed by atoms with Crippen molar-refractivity contribution in [3.05, 3.63) is 45.2 Å². The second-order valence-electron chi connectivity index (χ2n) is 8.05. The van der Waals surface area contributed by atoms with Crippen molar-refractivity contribution in [1.29, 1.82) is 0 Å². The molecule has 4 rings (SSSR count). The third-order valence-corrected chi connectivity index (χ3v) is 6.37. The van der Waals surface area contributed by atoms with Crippen LogP contribution >= 0.6 is 15.9 Å². The van der Waals surface area contributed by atoms with Gasteiger partial charge in [0.05, 0.1) is 22.4 Å². The molecule has 0 aliphatic carbocycles. The molecule has 31 heavy (non-hydrogen) atoms. The zero-order valence-electron chi connectivity index (χ0n) is 17.0. The van der Waals surface area contributed by atoms with Crippen molar-refractivity contribution in [2.45, 2.75) is 32.5 Å². The van der Waals surface area contributed by atoms with Crippen LogP contribution in [0, 0.1) is 17.6 Å².